The van der Waals surface area contributed by atoms with Gasteiger partial charge in [-0.2, -0.15) is 5.10 Å². The van der Waals surface area contributed by atoms with Crippen LogP contribution in [-0.2, 0) is 6.54 Å². The Kier molecular flexibility index (Phi) is 2.70. The Morgan fingerprint density at radius 3 is 3.05 bits per heavy atom. The topological polar surface area (TPSA) is 46.8 Å². The highest BCUT2D eigenvalue weighted by atomic mass is 32.1. The molecule has 3 aromatic heterocycles. The Labute approximate surface area is 120 Å². The predicted octanol–water partition coefficient (Wildman–Crippen LogP) is 2.33. The molecule has 0 radical (unpaired) electrons. The fraction of sp³-hybridized carbons (Fsp3) is 0.357. The molecule has 1 aliphatic heterocycles. The van der Waals surface area contributed by atoms with Crippen LogP contribution < -0.4 is 4.90 Å². The van der Waals surface area contributed by atoms with Gasteiger partial charge in [0, 0.05) is 31.7 Å². The van der Waals surface area contributed by atoms with Gasteiger partial charge in [-0.15, -0.1) is 11.3 Å². The average molecular weight is 285 g/mol. The van der Waals surface area contributed by atoms with Crippen LogP contribution in [-0.4, -0.2) is 32.8 Å². The molecule has 6 heteroatoms. The molecule has 0 saturated carbocycles. The van der Waals surface area contributed by atoms with Crippen molar-refractivity contribution < 1.29 is 0 Å². The summed E-state index contributed by atoms with van der Waals surface area (Å²) in [6.07, 6.45) is 5.68. The highest BCUT2D eigenvalue weighted by molar-refractivity contribution is 7.16. The van der Waals surface area contributed by atoms with Gasteiger partial charge in [0.25, 0.3) is 0 Å². The standard InChI is InChI=1S/C14H15N5S/c1-10-4-17-19(5-10)8-11-6-18(7-11)13-12-2-3-20-14(12)16-9-15-13/h2-5,9,11H,6-8H2,1H3. The Bertz CT molecular complexity index is 741. The minimum Gasteiger partial charge on any atom is -0.355 e. The van der Waals surface area contributed by atoms with Crippen molar-refractivity contribution in [2.75, 3.05) is 18.0 Å². The molecule has 0 amide bonds. The van der Waals surface area contributed by atoms with Gasteiger partial charge >= 0.3 is 0 Å². The van der Waals surface area contributed by atoms with E-state index in [2.05, 4.69) is 44.5 Å². The van der Waals surface area contributed by atoms with Crippen molar-refractivity contribution in [2.24, 2.45) is 5.92 Å². The molecular weight excluding hydrogens is 270 g/mol. The van der Waals surface area contributed by atoms with Crippen LogP contribution in [0.1, 0.15) is 5.56 Å². The van der Waals surface area contributed by atoms with Crippen LogP contribution >= 0.6 is 11.3 Å². The van der Waals surface area contributed by atoms with E-state index >= 15 is 0 Å². The second-order valence-electron chi connectivity index (χ2n) is 5.35. The van der Waals surface area contributed by atoms with Crippen molar-refractivity contribution >= 4 is 27.4 Å². The number of anilines is 1. The Morgan fingerprint density at radius 1 is 1.35 bits per heavy atom. The van der Waals surface area contributed by atoms with Crippen molar-refractivity contribution in [3.05, 3.63) is 35.7 Å². The first-order valence-electron chi connectivity index (χ1n) is 6.72. The molecule has 0 unspecified atom stereocenters. The lowest BCUT2D eigenvalue weighted by molar-refractivity contribution is 0.341. The zero-order valence-corrected chi connectivity index (χ0v) is 12.0. The van der Waals surface area contributed by atoms with Crippen LogP contribution in [0.3, 0.4) is 0 Å². The monoisotopic (exact) mass is 285 g/mol. The third-order valence-electron chi connectivity index (χ3n) is 3.71. The van der Waals surface area contributed by atoms with Crippen molar-refractivity contribution in [1.82, 2.24) is 19.7 Å². The molecule has 1 fully saturated rings. The summed E-state index contributed by atoms with van der Waals surface area (Å²) in [6.45, 7) is 5.15. The van der Waals surface area contributed by atoms with Crippen LogP contribution in [0.5, 0.6) is 0 Å². The molecule has 1 aliphatic rings. The smallest absolute Gasteiger partial charge is 0.140 e. The summed E-state index contributed by atoms with van der Waals surface area (Å²) in [5.74, 6) is 1.72. The van der Waals surface area contributed by atoms with Crippen molar-refractivity contribution in [3.63, 3.8) is 0 Å². The van der Waals surface area contributed by atoms with Crippen molar-refractivity contribution in [1.29, 1.82) is 0 Å². The second-order valence-corrected chi connectivity index (χ2v) is 6.24. The van der Waals surface area contributed by atoms with Crippen molar-refractivity contribution in [2.45, 2.75) is 13.5 Å². The number of aromatic nitrogens is 4. The van der Waals surface area contributed by atoms with Gasteiger partial charge in [0.1, 0.15) is 17.0 Å². The van der Waals surface area contributed by atoms with E-state index < -0.39 is 0 Å². The number of rotatable bonds is 3. The van der Waals surface area contributed by atoms with E-state index in [1.807, 2.05) is 10.9 Å². The van der Waals surface area contributed by atoms with Crippen LogP contribution in [0.15, 0.2) is 30.2 Å². The number of fused-ring (bicyclic) bond motifs is 1. The first-order valence-corrected chi connectivity index (χ1v) is 7.60. The number of hydrogen-bond donors (Lipinski definition) is 0. The lowest BCUT2D eigenvalue weighted by Crippen LogP contribution is -2.49. The van der Waals surface area contributed by atoms with Crippen LogP contribution in [0, 0.1) is 12.8 Å². The quantitative estimate of drug-likeness (QED) is 0.741. The maximum Gasteiger partial charge on any atom is 0.140 e. The molecule has 0 spiro atoms. The van der Waals surface area contributed by atoms with E-state index in [-0.39, 0.29) is 0 Å². The van der Waals surface area contributed by atoms with Gasteiger partial charge in [-0.05, 0) is 23.9 Å². The molecule has 102 valence electrons. The minimum atomic E-state index is 0.651. The highest BCUT2D eigenvalue weighted by Gasteiger charge is 2.29. The van der Waals surface area contributed by atoms with Crippen LogP contribution in [0.25, 0.3) is 10.2 Å². The van der Waals surface area contributed by atoms with Gasteiger partial charge in [0.2, 0.25) is 0 Å². The van der Waals surface area contributed by atoms with E-state index in [0.717, 1.165) is 30.3 Å². The summed E-state index contributed by atoms with van der Waals surface area (Å²) in [6, 6.07) is 2.11. The van der Waals surface area contributed by atoms with Gasteiger partial charge < -0.3 is 4.90 Å². The summed E-state index contributed by atoms with van der Waals surface area (Å²) < 4.78 is 2.04. The third-order valence-corrected chi connectivity index (χ3v) is 4.53. The van der Waals surface area contributed by atoms with E-state index in [0.29, 0.717) is 5.92 Å². The molecule has 5 nitrogen and oxygen atoms in total. The summed E-state index contributed by atoms with van der Waals surface area (Å²) in [5.41, 5.74) is 1.22. The normalized spacial score (nSPS) is 15.8. The zero-order valence-electron chi connectivity index (χ0n) is 11.2. The molecule has 0 N–H and O–H groups in total. The molecule has 0 bridgehead atoms. The highest BCUT2D eigenvalue weighted by Crippen LogP contribution is 2.31. The summed E-state index contributed by atoms with van der Waals surface area (Å²) in [7, 11) is 0. The predicted molar refractivity (Wildman–Crippen MR) is 80.1 cm³/mol. The molecule has 0 aromatic carbocycles. The number of hydrogen-bond acceptors (Lipinski definition) is 5. The maximum atomic E-state index is 4.45. The molecular formula is C14H15N5S. The lowest BCUT2D eigenvalue weighted by atomic mass is 10.00. The Morgan fingerprint density at radius 2 is 2.25 bits per heavy atom. The number of nitrogens with zero attached hydrogens (tertiary/aromatic N) is 5. The molecule has 3 aromatic rings. The molecule has 0 aliphatic carbocycles. The maximum absolute atomic E-state index is 4.45. The van der Waals surface area contributed by atoms with Gasteiger partial charge in [0.15, 0.2) is 0 Å². The minimum absolute atomic E-state index is 0.651. The fourth-order valence-electron chi connectivity index (χ4n) is 2.72. The Hall–Kier alpha value is -1.95. The van der Waals surface area contributed by atoms with Gasteiger partial charge in [-0.1, -0.05) is 0 Å². The van der Waals surface area contributed by atoms with E-state index in [1.165, 1.54) is 10.9 Å². The van der Waals surface area contributed by atoms with E-state index in [1.54, 1.807) is 17.7 Å². The molecule has 4 heterocycles. The summed E-state index contributed by atoms with van der Waals surface area (Å²) >= 11 is 1.67. The largest absolute Gasteiger partial charge is 0.355 e. The van der Waals surface area contributed by atoms with E-state index in [9.17, 15) is 0 Å². The first kappa shape index (κ1) is 11.8. The zero-order chi connectivity index (χ0) is 13.5. The fourth-order valence-corrected chi connectivity index (χ4v) is 3.45. The molecule has 4 rings (SSSR count). The SMILES string of the molecule is Cc1cnn(CC2CN(c3ncnc4sccc34)C2)c1. The average Bonchev–Trinajstić information content (AvgIpc) is 3.01. The van der Waals surface area contributed by atoms with Gasteiger partial charge in [0.05, 0.1) is 11.6 Å². The molecule has 0 atom stereocenters. The third kappa shape index (κ3) is 1.96. The van der Waals surface area contributed by atoms with Gasteiger partial charge in [-0.25, -0.2) is 9.97 Å². The lowest BCUT2D eigenvalue weighted by Gasteiger charge is -2.40. The molecule has 1 saturated heterocycles. The summed E-state index contributed by atoms with van der Waals surface area (Å²) in [5, 5.41) is 7.60. The molecule has 20 heavy (non-hydrogen) atoms. The summed E-state index contributed by atoms with van der Waals surface area (Å²) in [4.78, 5) is 12.1. The number of thiophene rings is 1. The van der Waals surface area contributed by atoms with Gasteiger partial charge in [-0.3, -0.25) is 4.68 Å². The number of aryl methyl sites for hydroxylation is 1. The second kappa shape index (κ2) is 4.56. The van der Waals surface area contributed by atoms with Crippen LogP contribution in [0.4, 0.5) is 5.82 Å². The Balaban J connectivity index is 1.47. The van der Waals surface area contributed by atoms with Crippen LogP contribution in [0.2, 0.25) is 0 Å². The first-order chi connectivity index (χ1) is 9.79. The van der Waals surface area contributed by atoms with Crippen molar-refractivity contribution in [3.8, 4) is 0 Å². The van der Waals surface area contributed by atoms with E-state index in [4.69, 9.17) is 0 Å².